The monoisotopic (exact) mass is 146 g/mol. The van der Waals surface area contributed by atoms with Crippen molar-refractivity contribution >= 4 is 0 Å². The van der Waals surface area contributed by atoms with E-state index >= 15 is 0 Å². The van der Waals surface area contributed by atoms with Gasteiger partial charge in [-0.25, -0.2) is 0 Å². The third kappa shape index (κ3) is 2.25. The first-order chi connectivity index (χ1) is 4.74. The Morgan fingerprint density at radius 2 is 1.80 bits per heavy atom. The fourth-order valence-electron chi connectivity index (χ4n) is 1.03. The first-order valence-electron chi connectivity index (χ1n) is 3.75. The molecule has 3 heteroatoms. The number of hydrogen-bond donors (Lipinski definition) is 3. The quantitative estimate of drug-likeness (QED) is 0.498. The van der Waals surface area contributed by atoms with Gasteiger partial charge in [-0.2, -0.15) is 0 Å². The molecule has 0 heterocycles. The second-order valence-electron chi connectivity index (χ2n) is 2.82. The van der Waals surface area contributed by atoms with E-state index in [0.717, 1.165) is 12.8 Å². The van der Waals surface area contributed by atoms with Crippen molar-refractivity contribution in [2.24, 2.45) is 16.9 Å². The molecule has 3 nitrogen and oxygen atoms in total. The van der Waals surface area contributed by atoms with Crippen LogP contribution in [0.15, 0.2) is 0 Å². The molecule has 0 radical (unpaired) electrons. The molecule has 0 aromatic rings. The van der Waals surface area contributed by atoms with Gasteiger partial charge in [-0.3, -0.25) is 0 Å². The van der Waals surface area contributed by atoms with Crippen molar-refractivity contribution in [3.05, 3.63) is 0 Å². The highest BCUT2D eigenvalue weighted by atomic mass is 16.3. The maximum atomic E-state index is 8.95. The summed E-state index contributed by atoms with van der Waals surface area (Å²) in [5, 5.41) is 8.95. The maximum absolute atomic E-state index is 8.95. The Kier molecular flexibility index (Phi) is 4.60. The lowest BCUT2D eigenvalue weighted by molar-refractivity contribution is 0.129. The van der Waals surface area contributed by atoms with Gasteiger partial charge in [0.2, 0.25) is 0 Å². The van der Waals surface area contributed by atoms with Crippen molar-refractivity contribution in [1.29, 1.82) is 0 Å². The average molecular weight is 146 g/mol. The number of aliphatic hydroxyl groups excluding tert-OH is 1. The summed E-state index contributed by atoms with van der Waals surface area (Å²) >= 11 is 0. The molecule has 0 aromatic carbocycles. The van der Waals surface area contributed by atoms with Crippen LogP contribution in [-0.4, -0.2) is 24.8 Å². The maximum Gasteiger partial charge on any atom is 0.0511 e. The lowest BCUT2D eigenvalue weighted by atomic mass is 9.84. The Labute approximate surface area is 62.4 Å². The fourth-order valence-corrected chi connectivity index (χ4v) is 1.03. The summed E-state index contributed by atoms with van der Waals surface area (Å²) in [6.45, 7) is 3.13. The van der Waals surface area contributed by atoms with Crippen LogP contribution in [0.1, 0.15) is 19.8 Å². The van der Waals surface area contributed by atoms with Crippen molar-refractivity contribution < 1.29 is 5.11 Å². The zero-order valence-corrected chi connectivity index (χ0v) is 6.64. The van der Waals surface area contributed by atoms with Crippen molar-refractivity contribution in [2.45, 2.75) is 19.8 Å². The van der Waals surface area contributed by atoms with Crippen LogP contribution in [0, 0.1) is 5.41 Å². The van der Waals surface area contributed by atoms with Gasteiger partial charge in [-0.05, 0) is 6.42 Å². The Morgan fingerprint density at radius 3 is 1.90 bits per heavy atom. The molecule has 0 aromatic heterocycles. The molecule has 0 atom stereocenters. The van der Waals surface area contributed by atoms with E-state index in [2.05, 4.69) is 6.92 Å². The Hall–Kier alpha value is -0.120. The number of rotatable bonds is 5. The molecule has 62 valence electrons. The van der Waals surface area contributed by atoms with Crippen LogP contribution in [0.5, 0.6) is 0 Å². The van der Waals surface area contributed by atoms with Gasteiger partial charge >= 0.3 is 0 Å². The average Bonchev–Trinajstić information content (AvgIpc) is 2.01. The van der Waals surface area contributed by atoms with Gasteiger partial charge in [-0.15, -0.1) is 0 Å². The third-order valence-electron chi connectivity index (χ3n) is 1.98. The zero-order valence-electron chi connectivity index (χ0n) is 6.64. The molecule has 0 aliphatic heterocycles. The van der Waals surface area contributed by atoms with Crippen molar-refractivity contribution in [1.82, 2.24) is 0 Å². The van der Waals surface area contributed by atoms with E-state index in [0.29, 0.717) is 13.1 Å². The van der Waals surface area contributed by atoms with Crippen LogP contribution in [0.3, 0.4) is 0 Å². The molecular formula is C7H18N2O. The number of nitrogens with two attached hydrogens (primary N) is 2. The number of aliphatic hydroxyl groups is 1. The topological polar surface area (TPSA) is 72.3 Å². The first kappa shape index (κ1) is 9.88. The minimum absolute atomic E-state index is 0.105. The molecule has 0 saturated carbocycles. The highest BCUT2D eigenvalue weighted by molar-refractivity contribution is 4.79. The Balaban J connectivity index is 3.87. The highest BCUT2D eigenvalue weighted by Gasteiger charge is 2.24. The van der Waals surface area contributed by atoms with Gasteiger partial charge in [0.15, 0.2) is 0 Å². The number of hydrogen-bond acceptors (Lipinski definition) is 3. The summed E-state index contributed by atoms with van der Waals surface area (Å²) in [5.41, 5.74) is 10.7. The molecule has 10 heavy (non-hydrogen) atoms. The standard InChI is InChI=1S/C7H18N2O/c1-2-3-7(4-8,5-9)6-10/h10H,2-6,8-9H2,1H3. The van der Waals surface area contributed by atoms with Crippen LogP contribution < -0.4 is 11.5 Å². The van der Waals surface area contributed by atoms with Crippen LogP contribution >= 0.6 is 0 Å². The summed E-state index contributed by atoms with van der Waals surface area (Å²) in [5.74, 6) is 0. The van der Waals surface area contributed by atoms with Crippen molar-refractivity contribution in [3.8, 4) is 0 Å². The highest BCUT2D eigenvalue weighted by Crippen LogP contribution is 2.19. The van der Waals surface area contributed by atoms with Gasteiger partial charge in [-0.1, -0.05) is 13.3 Å². The summed E-state index contributed by atoms with van der Waals surface area (Å²) in [6, 6.07) is 0. The smallest absolute Gasteiger partial charge is 0.0511 e. The van der Waals surface area contributed by atoms with Crippen LogP contribution in [0.4, 0.5) is 0 Å². The molecule has 5 N–H and O–H groups in total. The van der Waals surface area contributed by atoms with E-state index in [4.69, 9.17) is 16.6 Å². The molecule has 0 aliphatic rings. The minimum Gasteiger partial charge on any atom is -0.396 e. The first-order valence-corrected chi connectivity index (χ1v) is 3.75. The molecule has 0 saturated heterocycles. The van der Waals surface area contributed by atoms with E-state index in [1.165, 1.54) is 0 Å². The SMILES string of the molecule is CCCC(CN)(CN)CO. The van der Waals surface area contributed by atoms with Crippen LogP contribution in [-0.2, 0) is 0 Å². The lowest BCUT2D eigenvalue weighted by Gasteiger charge is -2.27. The molecule has 0 amide bonds. The second-order valence-corrected chi connectivity index (χ2v) is 2.82. The normalized spacial score (nSPS) is 12.0. The predicted molar refractivity (Wildman–Crippen MR) is 42.5 cm³/mol. The van der Waals surface area contributed by atoms with Gasteiger partial charge in [0.25, 0.3) is 0 Å². The molecule has 0 spiro atoms. The largest absolute Gasteiger partial charge is 0.396 e. The Bertz CT molecular complexity index is 73.4. The van der Waals surface area contributed by atoms with E-state index in [1.807, 2.05) is 0 Å². The van der Waals surface area contributed by atoms with Gasteiger partial charge < -0.3 is 16.6 Å². The molecule has 0 bridgehead atoms. The molecule has 0 rings (SSSR count). The summed E-state index contributed by atoms with van der Waals surface area (Å²) in [7, 11) is 0. The fraction of sp³-hybridized carbons (Fsp3) is 1.00. The van der Waals surface area contributed by atoms with E-state index in [1.54, 1.807) is 0 Å². The third-order valence-corrected chi connectivity index (χ3v) is 1.98. The van der Waals surface area contributed by atoms with Crippen molar-refractivity contribution in [2.75, 3.05) is 19.7 Å². The predicted octanol–water partition coefficient (Wildman–Crippen LogP) is -0.317. The summed E-state index contributed by atoms with van der Waals surface area (Å²) in [4.78, 5) is 0. The van der Waals surface area contributed by atoms with E-state index in [9.17, 15) is 0 Å². The van der Waals surface area contributed by atoms with Crippen LogP contribution in [0.25, 0.3) is 0 Å². The van der Waals surface area contributed by atoms with Gasteiger partial charge in [0.1, 0.15) is 0 Å². The molecule has 0 unspecified atom stereocenters. The van der Waals surface area contributed by atoms with E-state index < -0.39 is 0 Å². The summed E-state index contributed by atoms with van der Waals surface area (Å²) < 4.78 is 0. The lowest BCUT2D eigenvalue weighted by Crippen LogP contribution is -2.41. The van der Waals surface area contributed by atoms with E-state index in [-0.39, 0.29) is 12.0 Å². The van der Waals surface area contributed by atoms with Gasteiger partial charge in [0.05, 0.1) is 6.61 Å². The minimum atomic E-state index is -0.214. The summed E-state index contributed by atoms with van der Waals surface area (Å²) in [6.07, 6.45) is 1.94. The molecular weight excluding hydrogens is 128 g/mol. The zero-order chi connectivity index (χ0) is 8.04. The molecule has 0 fully saturated rings. The Morgan fingerprint density at radius 1 is 1.30 bits per heavy atom. The van der Waals surface area contributed by atoms with Crippen molar-refractivity contribution in [3.63, 3.8) is 0 Å². The molecule has 0 aliphatic carbocycles. The van der Waals surface area contributed by atoms with Gasteiger partial charge in [0, 0.05) is 18.5 Å². The second kappa shape index (κ2) is 4.66. The van der Waals surface area contributed by atoms with Crippen LogP contribution in [0.2, 0.25) is 0 Å².